The van der Waals surface area contributed by atoms with E-state index in [9.17, 15) is 0 Å². The fraction of sp³-hybridized carbons (Fsp3) is 0.0189. The van der Waals surface area contributed by atoms with Gasteiger partial charge in [-0.25, -0.2) is 9.97 Å². The highest BCUT2D eigenvalue weighted by molar-refractivity contribution is 7.26. The van der Waals surface area contributed by atoms with Crippen LogP contribution >= 0.6 is 11.3 Å². The maximum Gasteiger partial charge on any atom is 0.127 e. The highest BCUT2D eigenvalue weighted by Gasteiger charge is 2.51. The molecule has 0 bridgehead atoms. The Morgan fingerprint density at radius 1 is 0.431 bits per heavy atom. The number of hydrogen-bond acceptors (Lipinski definition) is 3. The lowest BCUT2D eigenvalue weighted by Crippen LogP contribution is -2.26. The monoisotopic (exact) mass is 754 g/mol. The summed E-state index contributed by atoms with van der Waals surface area (Å²) in [4.78, 5) is 10.5. The van der Waals surface area contributed by atoms with Crippen molar-refractivity contribution in [2.24, 2.45) is 0 Å². The van der Waals surface area contributed by atoms with Gasteiger partial charge in [-0.15, -0.1) is 11.3 Å². The third kappa shape index (κ3) is 3.58. The quantitative estimate of drug-likeness (QED) is 0.176. The van der Waals surface area contributed by atoms with Crippen molar-refractivity contribution in [1.29, 1.82) is 0 Å². The third-order valence-electron chi connectivity index (χ3n) is 13.1. The second kappa shape index (κ2) is 10.9. The van der Waals surface area contributed by atoms with Gasteiger partial charge in [0.15, 0.2) is 0 Å². The Morgan fingerprint density at radius 2 is 0.948 bits per heavy atom. The topological polar surface area (TPSA) is 35.6 Å². The zero-order chi connectivity index (χ0) is 37.7. The van der Waals surface area contributed by atoms with Crippen molar-refractivity contribution in [3.8, 4) is 33.6 Å². The molecule has 8 aromatic carbocycles. The van der Waals surface area contributed by atoms with E-state index in [1.54, 1.807) is 17.7 Å². The van der Waals surface area contributed by atoms with Gasteiger partial charge in [-0.3, -0.25) is 0 Å². The molecule has 14 rings (SSSR count). The Morgan fingerprint density at radius 3 is 1.60 bits per heavy atom. The van der Waals surface area contributed by atoms with Crippen molar-refractivity contribution in [2.45, 2.75) is 5.41 Å². The first-order chi connectivity index (χ1) is 28.8. The zero-order valence-electron chi connectivity index (χ0n) is 31.0. The van der Waals surface area contributed by atoms with E-state index in [1.807, 2.05) is 6.20 Å². The lowest BCUT2D eigenvalue weighted by atomic mass is 9.70. The first-order valence-corrected chi connectivity index (χ1v) is 20.6. The summed E-state index contributed by atoms with van der Waals surface area (Å²) in [5.41, 5.74) is 17.2. The molecule has 0 atom stereocenters. The van der Waals surface area contributed by atoms with Crippen molar-refractivity contribution in [1.82, 2.24) is 19.1 Å². The number of aromatic nitrogens is 4. The third-order valence-corrected chi connectivity index (χ3v) is 14.2. The normalized spacial score (nSPS) is 13.7. The Hall–Kier alpha value is -7.34. The van der Waals surface area contributed by atoms with E-state index in [2.05, 4.69) is 184 Å². The van der Waals surface area contributed by atoms with Crippen molar-refractivity contribution >= 4 is 75.3 Å². The smallest absolute Gasteiger partial charge is 0.127 e. The van der Waals surface area contributed by atoms with E-state index in [0.717, 1.165) is 21.6 Å². The minimum absolute atomic E-state index is 0.445. The van der Waals surface area contributed by atoms with Gasteiger partial charge in [0, 0.05) is 54.6 Å². The van der Waals surface area contributed by atoms with Gasteiger partial charge in [-0.1, -0.05) is 133 Å². The van der Waals surface area contributed by atoms with Crippen LogP contribution in [0.15, 0.2) is 182 Å². The second-order valence-corrected chi connectivity index (χ2v) is 16.7. The molecule has 2 aliphatic rings. The summed E-state index contributed by atoms with van der Waals surface area (Å²) in [5, 5.41) is 7.23. The molecular weight excluding hydrogens is 725 g/mol. The Labute approximate surface area is 336 Å². The average molecular weight is 755 g/mol. The fourth-order valence-corrected chi connectivity index (χ4v) is 12.2. The van der Waals surface area contributed by atoms with Gasteiger partial charge in [-0.2, -0.15) is 0 Å². The van der Waals surface area contributed by atoms with Crippen LogP contribution in [0.2, 0.25) is 0 Å². The van der Waals surface area contributed by atoms with Gasteiger partial charge >= 0.3 is 0 Å². The van der Waals surface area contributed by atoms with Crippen molar-refractivity contribution in [2.75, 3.05) is 0 Å². The van der Waals surface area contributed by atoms with Gasteiger partial charge < -0.3 is 9.13 Å². The van der Waals surface area contributed by atoms with Gasteiger partial charge in [-0.05, 0) is 80.9 Å². The molecule has 0 amide bonds. The summed E-state index contributed by atoms with van der Waals surface area (Å²) >= 11 is 1.78. The number of nitrogens with zero attached hydrogens (tertiary/aromatic N) is 4. The van der Waals surface area contributed by atoms with E-state index in [4.69, 9.17) is 4.98 Å². The summed E-state index contributed by atoms with van der Waals surface area (Å²) in [7, 11) is 0. The zero-order valence-corrected chi connectivity index (χ0v) is 31.8. The number of fused-ring (bicyclic) bond motifs is 22. The summed E-state index contributed by atoms with van der Waals surface area (Å²) in [5.74, 6) is 0. The van der Waals surface area contributed by atoms with Crippen LogP contribution < -0.4 is 0 Å². The number of hydrogen-bond donors (Lipinski definition) is 0. The minimum atomic E-state index is -0.445. The van der Waals surface area contributed by atoms with Crippen LogP contribution in [0.3, 0.4) is 0 Å². The summed E-state index contributed by atoms with van der Waals surface area (Å²) in [6.07, 6.45) is 3.70. The summed E-state index contributed by atoms with van der Waals surface area (Å²) in [6.45, 7) is 0. The fourth-order valence-electron chi connectivity index (χ4n) is 11.0. The molecule has 1 spiro atoms. The predicted molar refractivity (Wildman–Crippen MR) is 240 cm³/mol. The van der Waals surface area contributed by atoms with Crippen molar-refractivity contribution in [3.63, 3.8) is 0 Å². The molecule has 0 saturated heterocycles. The summed E-state index contributed by atoms with van der Waals surface area (Å²) in [6, 6.07) is 63.1. The molecule has 4 nitrogen and oxygen atoms in total. The van der Waals surface area contributed by atoms with Crippen LogP contribution in [0.5, 0.6) is 0 Å². The molecule has 58 heavy (non-hydrogen) atoms. The maximum absolute atomic E-state index is 4.89. The van der Waals surface area contributed by atoms with E-state index >= 15 is 0 Å². The van der Waals surface area contributed by atoms with Gasteiger partial charge in [0.25, 0.3) is 0 Å². The highest BCUT2D eigenvalue weighted by Crippen LogP contribution is 2.63. The maximum atomic E-state index is 4.89. The van der Waals surface area contributed by atoms with Crippen molar-refractivity contribution in [3.05, 3.63) is 205 Å². The van der Waals surface area contributed by atoms with Crippen LogP contribution in [0.25, 0.3) is 97.5 Å². The Kier molecular flexibility index (Phi) is 5.82. The first kappa shape index (κ1) is 30.8. The van der Waals surface area contributed by atoms with E-state index in [1.165, 1.54) is 98.2 Å². The number of rotatable bonds is 2. The van der Waals surface area contributed by atoms with Crippen LogP contribution in [-0.2, 0) is 5.41 Å². The molecule has 0 saturated carbocycles. The SMILES string of the molecule is c1ccc(-n2c3ccccc3c3c4sc5ncncc5c4c4c(c5ccccc5n4-c4ccc5c(c4)C4(c6ccccc6-c6ccccc64)c4ccccc4-5)c32)cc1. The molecule has 0 unspecified atom stereocenters. The molecule has 4 heterocycles. The Bertz CT molecular complexity index is 3690. The van der Waals surface area contributed by atoms with E-state index in [0.29, 0.717) is 0 Å². The standard InChI is InChI=1S/C53H30N4S/c1-2-14-31(15-3-1)56-45-25-13-8-20-38(45)47-49(56)46-37-19-7-12-24-44(37)57(50(46)48-39-29-54-30-55-52(39)58-51(47)48)32-26-27-36-35-18-6-11-23-42(35)53(43(36)28-32)40-21-9-4-16-33(40)34-17-5-10-22-41(34)53/h1-30H. The number of thiophene rings is 1. The molecule has 2 aliphatic carbocycles. The molecule has 0 radical (unpaired) electrons. The van der Waals surface area contributed by atoms with Gasteiger partial charge in [0.2, 0.25) is 0 Å². The molecule has 268 valence electrons. The molecule has 0 aliphatic heterocycles. The molecule has 0 N–H and O–H groups in total. The van der Waals surface area contributed by atoms with Crippen LogP contribution in [0.1, 0.15) is 22.3 Å². The summed E-state index contributed by atoms with van der Waals surface area (Å²) < 4.78 is 6.26. The lowest BCUT2D eigenvalue weighted by Gasteiger charge is -2.30. The van der Waals surface area contributed by atoms with E-state index in [-0.39, 0.29) is 0 Å². The largest absolute Gasteiger partial charge is 0.308 e. The molecule has 0 fully saturated rings. The van der Waals surface area contributed by atoms with Gasteiger partial charge in [0.1, 0.15) is 11.2 Å². The minimum Gasteiger partial charge on any atom is -0.308 e. The second-order valence-electron chi connectivity index (χ2n) is 15.7. The van der Waals surface area contributed by atoms with Crippen LogP contribution in [0, 0.1) is 0 Å². The molecule has 5 heteroatoms. The first-order valence-electron chi connectivity index (χ1n) is 19.8. The number of benzene rings is 8. The lowest BCUT2D eigenvalue weighted by molar-refractivity contribution is 0.792. The molecular formula is C53H30N4S. The van der Waals surface area contributed by atoms with Crippen molar-refractivity contribution < 1.29 is 0 Å². The van der Waals surface area contributed by atoms with Crippen LogP contribution in [-0.4, -0.2) is 19.1 Å². The Balaban J connectivity index is 1.20. The number of para-hydroxylation sites is 3. The van der Waals surface area contributed by atoms with Gasteiger partial charge in [0.05, 0.1) is 27.5 Å². The molecule has 4 aromatic heterocycles. The van der Waals surface area contributed by atoms with Crippen LogP contribution in [0.4, 0.5) is 0 Å². The predicted octanol–water partition coefficient (Wildman–Crippen LogP) is 13.4. The van der Waals surface area contributed by atoms with E-state index < -0.39 is 5.41 Å². The highest BCUT2D eigenvalue weighted by atomic mass is 32.1. The molecule has 12 aromatic rings. The average Bonchev–Trinajstić information content (AvgIpc) is 4.07.